The Balaban J connectivity index is 1.98. The Labute approximate surface area is 188 Å². The zero-order valence-corrected chi connectivity index (χ0v) is 20.4. The van der Waals surface area contributed by atoms with Gasteiger partial charge in [-0.2, -0.15) is 0 Å². The molecule has 0 spiro atoms. The fourth-order valence-corrected chi connectivity index (χ4v) is 4.85. The molecule has 2 aliphatic rings. The lowest BCUT2D eigenvalue weighted by molar-refractivity contribution is 0.0262. The van der Waals surface area contributed by atoms with Crippen LogP contribution in [0.15, 0.2) is 47.3 Å². The molecule has 0 bridgehead atoms. The molecule has 3 heteroatoms. The average molecular weight is 429 g/mol. The van der Waals surface area contributed by atoms with Gasteiger partial charge >= 0.3 is 0 Å². The van der Waals surface area contributed by atoms with Crippen LogP contribution in [0, 0.1) is 11.8 Å². The summed E-state index contributed by atoms with van der Waals surface area (Å²) in [5, 5.41) is 0.754. The first-order chi connectivity index (χ1) is 14.1. The van der Waals surface area contributed by atoms with Crippen LogP contribution in [0.1, 0.15) is 78.9 Å². The SMILES string of the molecule is CCOC1CC(C(C)C(C)CCC=C(C)C)=CC2=C1c1cc(Cl)ccc1C(C)(C)O2. The molecule has 0 N–H and O–H groups in total. The minimum atomic E-state index is -0.396. The van der Waals surface area contributed by atoms with Crippen LogP contribution in [0.5, 0.6) is 0 Å². The molecule has 1 aliphatic carbocycles. The van der Waals surface area contributed by atoms with E-state index in [9.17, 15) is 0 Å². The van der Waals surface area contributed by atoms with Gasteiger partial charge in [-0.1, -0.05) is 48.7 Å². The monoisotopic (exact) mass is 428 g/mol. The van der Waals surface area contributed by atoms with Crippen LogP contribution in [0.2, 0.25) is 5.02 Å². The lowest BCUT2D eigenvalue weighted by atomic mass is 9.76. The summed E-state index contributed by atoms with van der Waals surface area (Å²) in [6.07, 6.45) is 7.88. The van der Waals surface area contributed by atoms with Gasteiger partial charge in [-0.3, -0.25) is 0 Å². The first-order valence-corrected chi connectivity index (χ1v) is 11.7. The molecule has 30 heavy (non-hydrogen) atoms. The highest BCUT2D eigenvalue weighted by atomic mass is 35.5. The molecule has 0 amide bonds. The van der Waals surface area contributed by atoms with E-state index in [1.54, 1.807) is 0 Å². The van der Waals surface area contributed by atoms with Crippen molar-refractivity contribution in [3.8, 4) is 0 Å². The van der Waals surface area contributed by atoms with E-state index in [0.717, 1.165) is 29.2 Å². The normalized spacial score (nSPS) is 21.7. The highest BCUT2D eigenvalue weighted by Crippen LogP contribution is 2.48. The van der Waals surface area contributed by atoms with Crippen molar-refractivity contribution in [1.29, 1.82) is 0 Å². The first kappa shape index (κ1) is 23.2. The van der Waals surface area contributed by atoms with Crippen molar-refractivity contribution in [2.24, 2.45) is 11.8 Å². The Morgan fingerprint density at radius 1 is 1.30 bits per heavy atom. The van der Waals surface area contributed by atoms with Crippen LogP contribution in [0.4, 0.5) is 0 Å². The van der Waals surface area contributed by atoms with E-state index >= 15 is 0 Å². The first-order valence-electron chi connectivity index (χ1n) is 11.3. The molecule has 0 radical (unpaired) electrons. The Kier molecular flexibility index (Phi) is 7.20. The summed E-state index contributed by atoms with van der Waals surface area (Å²) in [6, 6.07) is 6.12. The quantitative estimate of drug-likeness (QED) is 0.408. The fourth-order valence-electron chi connectivity index (χ4n) is 4.68. The number of rotatable bonds is 7. The predicted octanol–water partition coefficient (Wildman–Crippen LogP) is 8.07. The summed E-state index contributed by atoms with van der Waals surface area (Å²) < 4.78 is 12.8. The third-order valence-electron chi connectivity index (χ3n) is 6.59. The third-order valence-corrected chi connectivity index (χ3v) is 6.83. The Hall–Kier alpha value is -1.51. The molecule has 0 saturated carbocycles. The number of ether oxygens (including phenoxy) is 2. The summed E-state index contributed by atoms with van der Waals surface area (Å²) >= 11 is 6.39. The average Bonchev–Trinajstić information content (AvgIpc) is 2.66. The van der Waals surface area contributed by atoms with Gasteiger partial charge < -0.3 is 9.47 Å². The number of allylic oxidation sites excluding steroid dienone is 3. The van der Waals surface area contributed by atoms with Gasteiger partial charge in [-0.15, -0.1) is 0 Å². The van der Waals surface area contributed by atoms with Crippen LogP contribution in [0.3, 0.4) is 0 Å². The maximum absolute atomic E-state index is 6.56. The summed E-state index contributed by atoms with van der Waals surface area (Å²) in [4.78, 5) is 0. The van der Waals surface area contributed by atoms with Gasteiger partial charge in [0, 0.05) is 22.8 Å². The van der Waals surface area contributed by atoms with Crippen LogP contribution in [-0.4, -0.2) is 12.7 Å². The largest absolute Gasteiger partial charge is 0.483 e. The number of halogens is 1. The van der Waals surface area contributed by atoms with Crippen LogP contribution in [-0.2, 0) is 15.1 Å². The van der Waals surface area contributed by atoms with Crippen LogP contribution >= 0.6 is 11.6 Å². The molecule has 0 aromatic heterocycles. The molecule has 0 fully saturated rings. The molecule has 1 aromatic rings. The second-order valence-corrected chi connectivity index (χ2v) is 10.0. The smallest absolute Gasteiger partial charge is 0.129 e. The highest BCUT2D eigenvalue weighted by molar-refractivity contribution is 6.30. The predicted molar refractivity (Wildman–Crippen MR) is 128 cm³/mol. The van der Waals surface area contributed by atoms with Crippen molar-refractivity contribution in [3.05, 3.63) is 63.4 Å². The zero-order valence-electron chi connectivity index (χ0n) is 19.6. The minimum Gasteiger partial charge on any atom is -0.483 e. The van der Waals surface area contributed by atoms with Gasteiger partial charge in [0.05, 0.1) is 6.10 Å². The molecule has 1 aliphatic heterocycles. The van der Waals surface area contributed by atoms with Crippen molar-refractivity contribution < 1.29 is 9.47 Å². The number of fused-ring (bicyclic) bond motifs is 2. The molecule has 1 heterocycles. The zero-order chi connectivity index (χ0) is 22.1. The molecule has 3 rings (SSSR count). The topological polar surface area (TPSA) is 18.5 Å². The minimum absolute atomic E-state index is 0.00532. The van der Waals surface area contributed by atoms with E-state index in [-0.39, 0.29) is 6.10 Å². The number of hydrogen-bond acceptors (Lipinski definition) is 2. The standard InChI is InChI=1S/C27H37ClO2/c1-8-29-24-14-20(19(5)18(4)11-9-10-17(2)3)15-25-26(24)22-16-21(28)12-13-23(22)27(6,7)30-25/h10,12-13,15-16,18-19,24H,8-9,11,14H2,1-7H3. The highest BCUT2D eigenvalue weighted by Gasteiger charge is 2.39. The summed E-state index contributed by atoms with van der Waals surface area (Å²) in [5.74, 6) is 2.05. The van der Waals surface area contributed by atoms with E-state index < -0.39 is 5.60 Å². The van der Waals surface area contributed by atoms with E-state index in [4.69, 9.17) is 21.1 Å². The lowest BCUT2D eigenvalue weighted by Crippen LogP contribution is -2.33. The number of benzene rings is 1. The Bertz CT molecular complexity index is 871. The molecule has 164 valence electrons. The fraction of sp³-hybridized carbons (Fsp3) is 0.556. The van der Waals surface area contributed by atoms with Crippen molar-refractivity contribution in [1.82, 2.24) is 0 Å². The van der Waals surface area contributed by atoms with Crippen molar-refractivity contribution in [2.45, 2.75) is 79.4 Å². The molecular formula is C27H37ClO2. The van der Waals surface area contributed by atoms with Crippen LogP contribution < -0.4 is 0 Å². The van der Waals surface area contributed by atoms with Gasteiger partial charge in [0.15, 0.2) is 0 Å². The van der Waals surface area contributed by atoms with Gasteiger partial charge in [-0.05, 0) is 89.5 Å². The Morgan fingerprint density at radius 3 is 2.70 bits per heavy atom. The molecule has 0 saturated heterocycles. The van der Waals surface area contributed by atoms with Crippen molar-refractivity contribution >= 4 is 17.2 Å². The number of hydrogen-bond donors (Lipinski definition) is 0. The molecule has 3 atom stereocenters. The maximum atomic E-state index is 6.56. The van der Waals surface area contributed by atoms with Gasteiger partial charge in [0.1, 0.15) is 11.4 Å². The lowest BCUT2D eigenvalue weighted by Gasteiger charge is -2.41. The van der Waals surface area contributed by atoms with Gasteiger partial charge in [0.25, 0.3) is 0 Å². The van der Waals surface area contributed by atoms with Gasteiger partial charge in [-0.25, -0.2) is 0 Å². The van der Waals surface area contributed by atoms with E-state index in [1.165, 1.54) is 28.7 Å². The van der Waals surface area contributed by atoms with E-state index in [2.05, 4.69) is 72.8 Å². The molecule has 3 unspecified atom stereocenters. The molecule has 2 nitrogen and oxygen atoms in total. The van der Waals surface area contributed by atoms with E-state index in [1.807, 2.05) is 6.07 Å². The van der Waals surface area contributed by atoms with Crippen molar-refractivity contribution in [3.63, 3.8) is 0 Å². The summed E-state index contributed by atoms with van der Waals surface area (Å²) in [7, 11) is 0. The summed E-state index contributed by atoms with van der Waals surface area (Å²) in [6.45, 7) is 16.1. The second-order valence-electron chi connectivity index (χ2n) is 9.57. The van der Waals surface area contributed by atoms with E-state index in [0.29, 0.717) is 18.4 Å². The molecule has 1 aromatic carbocycles. The Morgan fingerprint density at radius 2 is 2.03 bits per heavy atom. The maximum Gasteiger partial charge on any atom is 0.129 e. The second kappa shape index (κ2) is 9.32. The third kappa shape index (κ3) is 4.86. The molecular weight excluding hydrogens is 392 g/mol. The van der Waals surface area contributed by atoms with Gasteiger partial charge in [0.2, 0.25) is 0 Å². The van der Waals surface area contributed by atoms with Crippen LogP contribution in [0.25, 0.3) is 5.57 Å². The van der Waals surface area contributed by atoms with Crippen molar-refractivity contribution in [2.75, 3.05) is 6.61 Å². The summed E-state index contributed by atoms with van der Waals surface area (Å²) in [5.41, 5.74) is 5.93.